The number of fused-ring (bicyclic) bond motifs is 2. The van der Waals surface area contributed by atoms with Crippen LogP contribution in [0.1, 0.15) is 0 Å². The lowest BCUT2D eigenvalue weighted by Gasteiger charge is -2.13. The Kier molecular flexibility index (Phi) is 5.82. The van der Waals surface area contributed by atoms with E-state index in [1.807, 2.05) is 44.4 Å². The van der Waals surface area contributed by atoms with Crippen molar-refractivity contribution in [2.45, 2.75) is 0 Å². The summed E-state index contributed by atoms with van der Waals surface area (Å²) in [7, 11) is 4.03. The lowest BCUT2D eigenvalue weighted by molar-refractivity contribution is 0.425. The van der Waals surface area contributed by atoms with Crippen LogP contribution in [0.3, 0.4) is 0 Å². The van der Waals surface area contributed by atoms with Crippen LogP contribution in [0.2, 0.25) is 0 Å². The number of anilines is 1. The molecule has 0 atom stereocenters. The third kappa shape index (κ3) is 4.52. The lowest BCUT2D eigenvalue weighted by Crippen LogP contribution is -2.20. The number of benzene rings is 2. The quantitative estimate of drug-likeness (QED) is 0.278. The van der Waals surface area contributed by atoms with Crippen LogP contribution in [0.4, 0.5) is 10.1 Å². The predicted molar refractivity (Wildman–Crippen MR) is 145 cm³/mol. The summed E-state index contributed by atoms with van der Waals surface area (Å²) in [6.07, 6.45) is 6.73. The van der Waals surface area contributed by atoms with Crippen molar-refractivity contribution in [2.24, 2.45) is 0 Å². The zero-order chi connectivity index (χ0) is 25.4. The van der Waals surface area contributed by atoms with E-state index in [0.717, 1.165) is 74.4 Å². The van der Waals surface area contributed by atoms with Gasteiger partial charge in [0.1, 0.15) is 17.8 Å². The van der Waals surface area contributed by atoms with Crippen LogP contribution in [-0.2, 0) is 0 Å². The van der Waals surface area contributed by atoms with Gasteiger partial charge in [-0.2, -0.15) is 5.10 Å². The molecule has 0 unspecified atom stereocenters. The first-order chi connectivity index (χ1) is 18.0. The van der Waals surface area contributed by atoms with Gasteiger partial charge in [0.25, 0.3) is 0 Å². The Balaban J connectivity index is 1.41. The number of likely N-dealkylation sites (N-methyl/N-ethyl adjacent to an activating group) is 1. The second-order valence-corrected chi connectivity index (χ2v) is 9.22. The molecule has 6 rings (SSSR count). The number of aromatic nitrogens is 6. The van der Waals surface area contributed by atoms with Crippen molar-refractivity contribution < 1.29 is 4.39 Å². The SMILES string of the molecule is CN(C)CCNc1cc(F)cc(-c2cccc3[nH]c(-c4n[nH]c5cnc(-c6cncnc6)cc45)cc23)c1. The molecule has 0 saturated heterocycles. The Morgan fingerprint density at radius 3 is 2.62 bits per heavy atom. The maximum atomic E-state index is 14.6. The van der Waals surface area contributed by atoms with E-state index in [0.29, 0.717) is 0 Å². The molecule has 0 bridgehead atoms. The zero-order valence-corrected chi connectivity index (χ0v) is 20.5. The highest BCUT2D eigenvalue weighted by Crippen LogP contribution is 2.35. The fourth-order valence-electron chi connectivity index (χ4n) is 4.52. The first-order valence-electron chi connectivity index (χ1n) is 12.0. The van der Waals surface area contributed by atoms with Crippen molar-refractivity contribution in [3.05, 3.63) is 79.3 Å². The molecule has 9 heteroatoms. The second kappa shape index (κ2) is 9.44. The monoisotopic (exact) mass is 492 g/mol. The minimum Gasteiger partial charge on any atom is -0.384 e. The molecule has 0 aliphatic carbocycles. The zero-order valence-electron chi connectivity index (χ0n) is 20.5. The van der Waals surface area contributed by atoms with Crippen LogP contribution < -0.4 is 5.32 Å². The van der Waals surface area contributed by atoms with Crippen molar-refractivity contribution in [1.29, 1.82) is 0 Å². The van der Waals surface area contributed by atoms with Gasteiger partial charge in [0.2, 0.25) is 0 Å². The topological polar surface area (TPSA) is 98.4 Å². The maximum absolute atomic E-state index is 14.6. The number of nitrogens with zero attached hydrogens (tertiary/aromatic N) is 5. The fraction of sp³-hybridized carbons (Fsp3) is 0.143. The number of H-pyrrole nitrogens is 2. The minimum absolute atomic E-state index is 0.277. The molecular weight excluding hydrogens is 467 g/mol. The number of hydrogen-bond acceptors (Lipinski definition) is 6. The van der Waals surface area contributed by atoms with Crippen LogP contribution in [0, 0.1) is 5.82 Å². The van der Waals surface area contributed by atoms with Crippen LogP contribution in [0.5, 0.6) is 0 Å². The van der Waals surface area contributed by atoms with Crippen molar-refractivity contribution >= 4 is 27.5 Å². The van der Waals surface area contributed by atoms with Gasteiger partial charge in [-0.05, 0) is 61.6 Å². The first kappa shape index (κ1) is 22.8. The van der Waals surface area contributed by atoms with Crippen molar-refractivity contribution in [1.82, 2.24) is 35.0 Å². The average Bonchev–Trinajstić information content (AvgIpc) is 3.52. The van der Waals surface area contributed by atoms with Gasteiger partial charge in [-0.1, -0.05) is 12.1 Å². The van der Waals surface area contributed by atoms with Gasteiger partial charge < -0.3 is 15.2 Å². The molecule has 8 nitrogen and oxygen atoms in total. The van der Waals surface area contributed by atoms with Gasteiger partial charge in [0, 0.05) is 53.0 Å². The number of halogens is 1. The summed E-state index contributed by atoms with van der Waals surface area (Å²) in [6, 6.07) is 15.1. The molecule has 4 heterocycles. The molecule has 0 aliphatic heterocycles. The summed E-state index contributed by atoms with van der Waals surface area (Å²) in [5, 5.41) is 12.9. The van der Waals surface area contributed by atoms with Gasteiger partial charge in [-0.3, -0.25) is 10.1 Å². The largest absolute Gasteiger partial charge is 0.384 e. The molecule has 184 valence electrons. The average molecular weight is 493 g/mol. The van der Waals surface area contributed by atoms with Gasteiger partial charge in [-0.25, -0.2) is 14.4 Å². The van der Waals surface area contributed by atoms with Gasteiger partial charge in [0.05, 0.1) is 23.1 Å². The van der Waals surface area contributed by atoms with Crippen LogP contribution in [-0.4, -0.2) is 62.2 Å². The van der Waals surface area contributed by atoms with E-state index >= 15 is 0 Å². The molecule has 0 spiro atoms. The molecule has 37 heavy (non-hydrogen) atoms. The van der Waals surface area contributed by atoms with Gasteiger partial charge >= 0.3 is 0 Å². The molecule has 4 aromatic heterocycles. The van der Waals surface area contributed by atoms with E-state index in [2.05, 4.69) is 46.4 Å². The molecule has 0 radical (unpaired) electrons. The first-order valence-corrected chi connectivity index (χ1v) is 12.0. The standard InChI is InChI=1S/C28H25FN8/c1-37(2)7-6-32-20-9-17(8-19(29)10-20)21-4-3-5-24-22(21)11-26(34-24)28-23-12-25(18-13-30-16-31-14-18)33-15-27(23)35-36-28/h3-5,8-16,32,34H,6-7H2,1-2H3,(H,35,36). The molecule has 0 amide bonds. The fourth-order valence-corrected chi connectivity index (χ4v) is 4.52. The molecule has 2 aromatic carbocycles. The normalized spacial score (nSPS) is 11.6. The summed E-state index contributed by atoms with van der Waals surface area (Å²) in [5.74, 6) is -0.277. The van der Waals surface area contributed by atoms with E-state index in [-0.39, 0.29) is 5.82 Å². The predicted octanol–water partition coefficient (Wildman–Crippen LogP) is 5.34. The van der Waals surface area contributed by atoms with E-state index in [9.17, 15) is 4.39 Å². The van der Waals surface area contributed by atoms with E-state index in [1.54, 1.807) is 24.7 Å². The molecule has 6 aromatic rings. The number of pyridine rings is 1. The second-order valence-electron chi connectivity index (χ2n) is 9.22. The van der Waals surface area contributed by atoms with E-state index in [4.69, 9.17) is 0 Å². The lowest BCUT2D eigenvalue weighted by atomic mass is 10.0. The summed E-state index contributed by atoms with van der Waals surface area (Å²) >= 11 is 0. The molecule has 0 fully saturated rings. The van der Waals surface area contributed by atoms with Crippen LogP contribution >= 0.6 is 0 Å². The van der Waals surface area contributed by atoms with E-state index < -0.39 is 0 Å². The third-order valence-corrected chi connectivity index (χ3v) is 6.32. The van der Waals surface area contributed by atoms with Crippen molar-refractivity contribution in [3.63, 3.8) is 0 Å². The van der Waals surface area contributed by atoms with E-state index in [1.165, 1.54) is 12.4 Å². The van der Waals surface area contributed by atoms with Crippen molar-refractivity contribution in [2.75, 3.05) is 32.5 Å². The number of aromatic amines is 2. The van der Waals surface area contributed by atoms with Crippen molar-refractivity contribution in [3.8, 4) is 33.8 Å². The molecule has 0 aliphatic rings. The highest BCUT2D eigenvalue weighted by Gasteiger charge is 2.15. The highest BCUT2D eigenvalue weighted by molar-refractivity contribution is 6.01. The Morgan fingerprint density at radius 2 is 1.78 bits per heavy atom. The Morgan fingerprint density at radius 1 is 0.919 bits per heavy atom. The highest BCUT2D eigenvalue weighted by atomic mass is 19.1. The molecule has 3 N–H and O–H groups in total. The Labute approximate surface area is 212 Å². The third-order valence-electron chi connectivity index (χ3n) is 6.32. The molecule has 0 saturated carbocycles. The number of rotatable bonds is 7. The summed E-state index contributed by atoms with van der Waals surface area (Å²) < 4.78 is 14.6. The maximum Gasteiger partial charge on any atom is 0.125 e. The number of hydrogen-bond donors (Lipinski definition) is 3. The van der Waals surface area contributed by atoms with Crippen LogP contribution in [0.15, 0.2) is 73.4 Å². The minimum atomic E-state index is -0.277. The van der Waals surface area contributed by atoms with Gasteiger partial charge in [0.15, 0.2) is 0 Å². The smallest absolute Gasteiger partial charge is 0.125 e. The molecular formula is C28H25FN8. The van der Waals surface area contributed by atoms with Crippen LogP contribution in [0.25, 0.3) is 55.6 Å². The summed E-state index contributed by atoms with van der Waals surface area (Å²) in [4.78, 5) is 18.3. The summed E-state index contributed by atoms with van der Waals surface area (Å²) in [5.41, 5.74) is 7.52. The Hall–Kier alpha value is -4.63. The van der Waals surface area contributed by atoms with Gasteiger partial charge in [-0.15, -0.1) is 0 Å². The number of nitrogens with one attached hydrogen (secondary N) is 3. The summed E-state index contributed by atoms with van der Waals surface area (Å²) in [6.45, 7) is 1.58. The Bertz CT molecular complexity index is 1700.